The third-order valence-electron chi connectivity index (χ3n) is 1.76. The molecule has 0 amide bonds. The van der Waals surface area contributed by atoms with Crippen molar-refractivity contribution < 1.29 is 5.11 Å². The lowest BCUT2D eigenvalue weighted by Gasteiger charge is -2.16. The van der Waals surface area contributed by atoms with Gasteiger partial charge in [-0.2, -0.15) is 0 Å². The van der Waals surface area contributed by atoms with Crippen LogP contribution >= 0.6 is 15.9 Å². The molecule has 0 bridgehead atoms. The van der Waals surface area contributed by atoms with Crippen LogP contribution in [0.1, 0.15) is 26.7 Å². The Morgan fingerprint density at radius 1 is 1.47 bits per heavy atom. The fourth-order valence-corrected chi connectivity index (χ4v) is 1.81. The lowest BCUT2D eigenvalue weighted by molar-refractivity contribution is 0.113. The van der Waals surface area contributed by atoms with Gasteiger partial charge in [0.1, 0.15) is 13.7 Å². The minimum absolute atomic E-state index is 0.688. The van der Waals surface area contributed by atoms with Crippen molar-refractivity contribution in [2.45, 2.75) is 51.9 Å². The van der Waals surface area contributed by atoms with E-state index >= 15 is 0 Å². The largest absolute Gasteiger partial charge is 0.378 e. The average Bonchev–Trinajstić information content (AvgIpc) is 1.99. The number of halogens is 1. The van der Waals surface area contributed by atoms with Gasteiger partial charge in [0.15, 0.2) is 0 Å². The molecule has 0 rings (SSSR count). The van der Waals surface area contributed by atoms with Crippen molar-refractivity contribution >= 4 is 24.0 Å². The quantitative estimate of drug-likeness (QED) is 0.620. The lowest BCUT2D eigenvalue weighted by atomic mass is 10.0. The number of aliphatic hydroxyl groups is 1. The summed E-state index contributed by atoms with van der Waals surface area (Å²) in [6.45, 7) is 10.3. The van der Waals surface area contributed by atoms with Crippen LogP contribution in [0.25, 0.3) is 0 Å². The Bertz CT molecular complexity index is 285. The third-order valence-corrected chi connectivity index (χ3v) is 2.96. The fourth-order valence-electron chi connectivity index (χ4n) is 0.937. The van der Waals surface area contributed by atoms with E-state index in [1.807, 2.05) is 6.92 Å². The molecule has 1 N–H and O–H groups in total. The fraction of sp³-hybridized carbons (Fsp3) is 0.667. The van der Waals surface area contributed by atoms with Crippen molar-refractivity contribution in [2.75, 3.05) is 0 Å². The Kier molecular flexibility index (Phi) is 5.87. The second kappa shape index (κ2) is 5.88. The van der Waals surface area contributed by atoms with Crippen LogP contribution < -0.4 is 0 Å². The van der Waals surface area contributed by atoms with Gasteiger partial charge >= 0.3 is 0 Å². The highest BCUT2D eigenvalue weighted by Crippen LogP contribution is 2.14. The maximum atomic E-state index is 9.99. The number of rotatable bonds is 3. The van der Waals surface area contributed by atoms with E-state index in [-0.39, 0.29) is 0 Å². The molecule has 0 spiro atoms. The van der Waals surface area contributed by atoms with Gasteiger partial charge in [-0.25, -0.2) is 0 Å². The molecule has 0 radical (unpaired) electrons. The monoisotopic (exact) mass is 288 g/mol. The smallest absolute Gasteiger partial charge is 0.129 e. The van der Waals surface area contributed by atoms with Crippen LogP contribution in [0.5, 0.6) is 0 Å². The van der Waals surface area contributed by atoms with Gasteiger partial charge in [0.05, 0.1) is 0 Å². The van der Waals surface area contributed by atoms with Gasteiger partial charge in [0.25, 0.3) is 0 Å². The zero-order valence-electron chi connectivity index (χ0n) is 10.3. The van der Waals surface area contributed by atoms with Gasteiger partial charge in [0.2, 0.25) is 0 Å². The van der Waals surface area contributed by atoms with Gasteiger partial charge in [-0.05, 0) is 31.2 Å². The van der Waals surface area contributed by atoms with E-state index in [1.165, 1.54) is 0 Å². The summed E-state index contributed by atoms with van der Waals surface area (Å²) in [6.07, 6.45) is 3.60. The van der Waals surface area contributed by atoms with Crippen LogP contribution in [-0.4, -0.2) is 18.8 Å². The molecule has 0 aromatic rings. The van der Waals surface area contributed by atoms with Crippen molar-refractivity contribution in [2.24, 2.45) is 0 Å². The summed E-state index contributed by atoms with van der Waals surface area (Å²) in [5.41, 5.74) is 2.36. The summed E-state index contributed by atoms with van der Waals surface area (Å²) in [4.78, 5) is 0. The van der Waals surface area contributed by atoms with Crippen molar-refractivity contribution in [1.29, 1.82) is 0 Å². The molecule has 0 saturated carbocycles. The molecular weight excluding hydrogens is 268 g/mol. The van der Waals surface area contributed by atoms with E-state index in [2.05, 4.69) is 53.1 Å². The summed E-state index contributed by atoms with van der Waals surface area (Å²) in [5.74, 6) is 3.00. The highest BCUT2D eigenvalue weighted by Gasteiger charge is 2.17. The molecule has 86 valence electrons. The normalized spacial score (nSPS) is 16.6. The zero-order valence-corrected chi connectivity index (χ0v) is 12.9. The van der Waals surface area contributed by atoms with Crippen molar-refractivity contribution in [3.05, 3.63) is 10.6 Å². The first-order valence-electron chi connectivity index (χ1n) is 5.21. The number of hydrogen-bond acceptors (Lipinski definition) is 1. The minimum atomic E-state index is -1.37. The predicted octanol–water partition coefficient (Wildman–Crippen LogP) is 3.70. The van der Waals surface area contributed by atoms with Gasteiger partial charge in [-0.15, -0.1) is 5.54 Å². The van der Waals surface area contributed by atoms with Crippen LogP contribution in [0.15, 0.2) is 10.6 Å². The Morgan fingerprint density at radius 2 is 2.00 bits per heavy atom. The van der Waals surface area contributed by atoms with Crippen LogP contribution in [0.4, 0.5) is 0 Å². The standard InChI is InChI=1S/C12H21BrOSi/c1-11(13)7-6-8-12(2,14)9-10-15(3,4)5/h7,14H,6,8H2,1-5H3/b11-7-. The van der Waals surface area contributed by atoms with Crippen molar-refractivity contribution in [1.82, 2.24) is 0 Å². The summed E-state index contributed by atoms with van der Waals surface area (Å²) in [7, 11) is -1.37. The predicted molar refractivity (Wildman–Crippen MR) is 73.7 cm³/mol. The Morgan fingerprint density at radius 3 is 2.40 bits per heavy atom. The Labute approximate surface area is 103 Å². The molecular formula is C12H21BrOSi. The molecule has 0 aliphatic carbocycles. The van der Waals surface area contributed by atoms with E-state index in [9.17, 15) is 5.11 Å². The highest BCUT2D eigenvalue weighted by molar-refractivity contribution is 9.11. The summed E-state index contributed by atoms with van der Waals surface area (Å²) in [6, 6.07) is 0. The van der Waals surface area contributed by atoms with Crippen molar-refractivity contribution in [3.63, 3.8) is 0 Å². The van der Waals surface area contributed by atoms with Gasteiger partial charge < -0.3 is 5.11 Å². The summed E-state index contributed by atoms with van der Waals surface area (Å²) < 4.78 is 1.11. The van der Waals surface area contributed by atoms with E-state index < -0.39 is 13.7 Å². The summed E-state index contributed by atoms with van der Waals surface area (Å²) >= 11 is 3.36. The van der Waals surface area contributed by atoms with E-state index in [0.29, 0.717) is 6.42 Å². The molecule has 1 nitrogen and oxygen atoms in total. The van der Waals surface area contributed by atoms with Gasteiger partial charge in [0, 0.05) is 0 Å². The minimum Gasteiger partial charge on any atom is -0.378 e. The number of hydrogen-bond donors (Lipinski definition) is 1. The first-order valence-corrected chi connectivity index (χ1v) is 9.51. The number of allylic oxidation sites excluding steroid dienone is 2. The topological polar surface area (TPSA) is 20.2 Å². The Balaban J connectivity index is 4.29. The molecule has 1 atom stereocenters. The molecule has 0 saturated heterocycles. The maximum Gasteiger partial charge on any atom is 0.129 e. The highest BCUT2D eigenvalue weighted by atomic mass is 79.9. The molecule has 15 heavy (non-hydrogen) atoms. The summed E-state index contributed by atoms with van der Waals surface area (Å²) in [5, 5.41) is 9.99. The van der Waals surface area contributed by atoms with Crippen LogP contribution in [-0.2, 0) is 0 Å². The second-order valence-corrected chi connectivity index (χ2v) is 11.1. The molecule has 0 fully saturated rings. The van der Waals surface area contributed by atoms with Crippen LogP contribution in [0.3, 0.4) is 0 Å². The van der Waals surface area contributed by atoms with Crippen LogP contribution in [0.2, 0.25) is 19.6 Å². The third kappa shape index (κ3) is 10.2. The molecule has 1 unspecified atom stereocenters. The van der Waals surface area contributed by atoms with E-state index in [0.717, 1.165) is 10.9 Å². The molecule has 0 aliphatic heterocycles. The van der Waals surface area contributed by atoms with Crippen LogP contribution in [0, 0.1) is 11.5 Å². The Hall–Kier alpha value is -0.0431. The first kappa shape index (κ1) is 15.0. The van der Waals surface area contributed by atoms with Gasteiger partial charge in [-0.1, -0.05) is 47.6 Å². The van der Waals surface area contributed by atoms with Gasteiger partial charge in [-0.3, -0.25) is 0 Å². The van der Waals surface area contributed by atoms with Crippen molar-refractivity contribution in [3.8, 4) is 11.5 Å². The second-order valence-electron chi connectivity index (χ2n) is 5.10. The molecule has 0 heterocycles. The molecule has 0 aromatic carbocycles. The SMILES string of the molecule is C/C(Br)=C/CCC(C)(O)C#C[Si](C)(C)C. The molecule has 3 heteroatoms. The molecule has 0 aromatic heterocycles. The lowest BCUT2D eigenvalue weighted by Crippen LogP contribution is -2.24. The van der Waals surface area contributed by atoms with E-state index in [4.69, 9.17) is 0 Å². The first-order chi connectivity index (χ1) is 6.62. The van der Waals surface area contributed by atoms with E-state index in [1.54, 1.807) is 6.92 Å². The zero-order chi connectivity index (χ0) is 12.1. The average molecular weight is 289 g/mol. The molecule has 0 aliphatic rings. The maximum absolute atomic E-state index is 9.99.